The van der Waals surface area contributed by atoms with Crippen LogP contribution in [0.2, 0.25) is 0 Å². The first-order chi connectivity index (χ1) is 4.00. The molecule has 0 fully saturated rings. The molecule has 11 heavy (non-hydrogen) atoms. The third-order valence-electron chi connectivity index (χ3n) is 0. The van der Waals surface area contributed by atoms with Crippen molar-refractivity contribution < 1.29 is 75.1 Å². The summed E-state index contributed by atoms with van der Waals surface area (Å²) < 4.78 is 67.9. The van der Waals surface area contributed by atoms with Crippen LogP contribution in [0.1, 0.15) is 0 Å². The minimum atomic E-state index is -4.94. The Morgan fingerprint density at radius 3 is 0.455 bits per heavy atom. The maximum atomic E-state index is 8.49. The zero-order valence-electron chi connectivity index (χ0n) is 4.43. The molecule has 0 aromatic carbocycles. The molecule has 0 saturated carbocycles. The van der Waals surface area contributed by atoms with Crippen molar-refractivity contribution in [2.45, 2.75) is 0 Å². The molecule has 0 amide bonds. The standard InChI is InChI=1S/2ClHO4.Cr/c2*2-1(3,4)5;/h2*(H,2,3,4,5);/q;;+2/p-2. The van der Waals surface area contributed by atoms with Crippen molar-refractivity contribution in [2.75, 3.05) is 0 Å². The molecule has 0 rings (SSSR count). The van der Waals surface area contributed by atoms with Crippen LogP contribution in [0.15, 0.2) is 0 Å². The van der Waals surface area contributed by atoms with Crippen molar-refractivity contribution in [3.05, 3.63) is 0 Å². The van der Waals surface area contributed by atoms with Gasteiger partial charge in [-0.2, -0.15) is 0 Å². The molecule has 0 aliphatic heterocycles. The zero-order chi connectivity index (χ0) is 9.00. The van der Waals surface area contributed by atoms with Gasteiger partial charge in [-0.25, -0.2) is 37.3 Å². The third-order valence-corrected chi connectivity index (χ3v) is 0. The van der Waals surface area contributed by atoms with Gasteiger partial charge in [-0.1, -0.05) is 0 Å². The van der Waals surface area contributed by atoms with Gasteiger partial charge in [0, 0.05) is 0 Å². The zero-order valence-corrected chi connectivity index (χ0v) is 7.22. The van der Waals surface area contributed by atoms with Crippen molar-refractivity contribution in [3.8, 4) is 0 Å². The first-order valence-electron chi connectivity index (χ1n) is 1.23. The molecule has 8 nitrogen and oxygen atoms in total. The van der Waals surface area contributed by atoms with Crippen molar-refractivity contribution in [1.82, 2.24) is 0 Å². The van der Waals surface area contributed by atoms with Crippen LogP contribution < -0.4 is 37.3 Å². The van der Waals surface area contributed by atoms with E-state index in [2.05, 4.69) is 0 Å². The van der Waals surface area contributed by atoms with Gasteiger partial charge in [-0.3, -0.25) is 0 Å². The van der Waals surface area contributed by atoms with Gasteiger partial charge in [0.05, 0.1) is 0 Å². The second-order valence-corrected chi connectivity index (χ2v) is 2.27. The largest absolute Gasteiger partial charge is 2.00 e. The normalized spacial score (nSPS) is 10.9. The van der Waals surface area contributed by atoms with E-state index in [4.69, 9.17) is 37.3 Å². The Labute approximate surface area is 75.5 Å². The van der Waals surface area contributed by atoms with E-state index in [1.165, 1.54) is 0 Å². The molecule has 0 N–H and O–H groups in total. The Balaban J connectivity index is -0.000000107. The maximum Gasteiger partial charge on any atom is 2.00 e. The predicted octanol–water partition coefficient (Wildman–Crippen LogP) is -9.51. The van der Waals surface area contributed by atoms with Gasteiger partial charge in [0.2, 0.25) is 0 Å². The second-order valence-electron chi connectivity index (χ2n) is 0.756. The van der Waals surface area contributed by atoms with Crippen molar-refractivity contribution in [1.29, 1.82) is 0 Å². The number of halogens is 2. The molecular formula is Cl2CrO8. The van der Waals surface area contributed by atoms with E-state index in [1.807, 2.05) is 0 Å². The molecule has 0 aromatic rings. The summed E-state index contributed by atoms with van der Waals surface area (Å²) >= 11 is 0. The molecule has 0 heterocycles. The van der Waals surface area contributed by atoms with Gasteiger partial charge >= 0.3 is 17.4 Å². The summed E-state index contributed by atoms with van der Waals surface area (Å²) in [6, 6.07) is 0. The Morgan fingerprint density at radius 1 is 0.455 bits per heavy atom. The molecule has 0 aliphatic rings. The van der Waals surface area contributed by atoms with Crippen molar-refractivity contribution >= 4 is 0 Å². The van der Waals surface area contributed by atoms with Crippen LogP contribution in [-0.4, -0.2) is 0 Å². The van der Waals surface area contributed by atoms with Gasteiger partial charge in [-0.05, 0) is 0 Å². The Kier molecular flexibility index (Phi) is 10.2. The average Bonchev–Trinajstić information content (AvgIpc) is 1.12. The van der Waals surface area contributed by atoms with Crippen LogP contribution in [0.5, 0.6) is 0 Å². The summed E-state index contributed by atoms with van der Waals surface area (Å²) in [6.45, 7) is 0. The van der Waals surface area contributed by atoms with Crippen LogP contribution in [0.25, 0.3) is 0 Å². The van der Waals surface area contributed by atoms with Crippen LogP contribution in [0.4, 0.5) is 0 Å². The molecule has 11 heteroatoms. The summed E-state index contributed by atoms with van der Waals surface area (Å²) in [5, 5.41) is 0. The van der Waals surface area contributed by atoms with Gasteiger partial charge in [0.25, 0.3) is 0 Å². The van der Waals surface area contributed by atoms with E-state index in [9.17, 15) is 0 Å². The van der Waals surface area contributed by atoms with Gasteiger partial charge < -0.3 is 0 Å². The summed E-state index contributed by atoms with van der Waals surface area (Å²) in [4.78, 5) is 0. The van der Waals surface area contributed by atoms with Crippen molar-refractivity contribution in [3.63, 3.8) is 0 Å². The van der Waals surface area contributed by atoms with E-state index >= 15 is 0 Å². The second kappa shape index (κ2) is 6.32. The van der Waals surface area contributed by atoms with Crippen LogP contribution in [-0.2, 0) is 17.4 Å². The molecule has 0 radical (unpaired) electrons. The fourth-order valence-corrected chi connectivity index (χ4v) is 0. The quantitative estimate of drug-likeness (QED) is 0.405. The molecular weight excluding hydrogens is 251 g/mol. The van der Waals surface area contributed by atoms with E-state index in [0.29, 0.717) is 0 Å². The monoisotopic (exact) mass is 250 g/mol. The topological polar surface area (TPSA) is 184 Å². The summed E-state index contributed by atoms with van der Waals surface area (Å²) in [6.07, 6.45) is 0. The van der Waals surface area contributed by atoms with Crippen LogP contribution in [0, 0.1) is 20.5 Å². The molecule has 68 valence electrons. The van der Waals surface area contributed by atoms with Gasteiger partial charge in [0.1, 0.15) is 0 Å². The smallest absolute Gasteiger partial charge is 0.222 e. The van der Waals surface area contributed by atoms with Gasteiger partial charge in [-0.15, -0.1) is 20.5 Å². The Hall–Kier alpha value is 0.792. The first-order valence-corrected chi connectivity index (χ1v) is 3.70. The molecule has 0 aliphatic carbocycles. The summed E-state index contributed by atoms with van der Waals surface area (Å²) in [7, 11) is -9.89. The number of rotatable bonds is 0. The van der Waals surface area contributed by atoms with E-state index in [-0.39, 0.29) is 17.4 Å². The number of hydrogen-bond donors (Lipinski definition) is 0. The van der Waals surface area contributed by atoms with Crippen molar-refractivity contribution in [2.24, 2.45) is 0 Å². The summed E-state index contributed by atoms with van der Waals surface area (Å²) in [5.41, 5.74) is 0. The minimum absolute atomic E-state index is 0. The van der Waals surface area contributed by atoms with Crippen LogP contribution in [0.3, 0.4) is 0 Å². The minimum Gasteiger partial charge on any atom is -0.222 e. The Bertz CT molecular complexity index is 55.1. The summed E-state index contributed by atoms with van der Waals surface area (Å²) in [5.74, 6) is 0. The molecule has 0 unspecified atom stereocenters. The van der Waals surface area contributed by atoms with E-state index in [1.54, 1.807) is 0 Å². The fourth-order valence-electron chi connectivity index (χ4n) is 0. The Morgan fingerprint density at radius 2 is 0.455 bits per heavy atom. The molecule has 0 aromatic heterocycles. The van der Waals surface area contributed by atoms with E-state index < -0.39 is 20.5 Å². The average molecular weight is 251 g/mol. The molecule has 0 atom stereocenters. The predicted molar refractivity (Wildman–Crippen MR) is 0 cm³/mol. The molecule has 0 spiro atoms. The molecule has 0 bridgehead atoms. The van der Waals surface area contributed by atoms with Crippen LogP contribution >= 0.6 is 0 Å². The maximum absolute atomic E-state index is 8.49. The molecule has 0 saturated heterocycles. The SMILES string of the molecule is [Cr+2].[O-][Cl+3]([O-])([O-])[O-].[O-][Cl+3]([O-])([O-])[O-]. The van der Waals surface area contributed by atoms with Gasteiger partial charge in [0.15, 0.2) is 0 Å². The first kappa shape index (κ1) is 17.8. The fraction of sp³-hybridized carbons (Fsp3) is 0. The third kappa shape index (κ3) is 1330. The van der Waals surface area contributed by atoms with E-state index in [0.717, 1.165) is 0 Å². The number of hydrogen-bond acceptors (Lipinski definition) is 8.